The highest BCUT2D eigenvalue weighted by atomic mass is 16.3. The molecule has 4 nitrogen and oxygen atoms in total. The number of phenols is 3. The number of hydrogen-bond donors (Lipinski definition) is 3. The average Bonchev–Trinajstić information content (AvgIpc) is 2.18. The van der Waals surface area contributed by atoms with Gasteiger partial charge in [-0.05, 0) is 24.5 Å². The summed E-state index contributed by atoms with van der Waals surface area (Å²) in [5.41, 5.74) is 0.530. The molecule has 0 radical (unpaired) electrons. The van der Waals surface area contributed by atoms with Gasteiger partial charge in [0, 0.05) is 6.42 Å². The Labute approximate surface area is 81.4 Å². The van der Waals surface area contributed by atoms with Crippen LogP contribution in [0.5, 0.6) is 17.2 Å². The highest BCUT2D eigenvalue weighted by Crippen LogP contribution is 2.37. The Hall–Kier alpha value is -1.71. The topological polar surface area (TPSA) is 77.8 Å². The van der Waals surface area contributed by atoms with Crippen LogP contribution in [0.3, 0.4) is 0 Å². The molecule has 0 aromatic heterocycles. The van der Waals surface area contributed by atoms with Crippen molar-refractivity contribution in [3.05, 3.63) is 17.7 Å². The Morgan fingerprint density at radius 1 is 1.14 bits per heavy atom. The number of phenolic OH excluding ortho intramolecular Hbond substituents is 3. The van der Waals surface area contributed by atoms with E-state index in [1.165, 1.54) is 12.1 Å². The largest absolute Gasteiger partial charge is 0.504 e. The molecular weight excluding hydrogens is 184 g/mol. The fraction of sp³-hybridized carbons (Fsp3) is 0.300. The van der Waals surface area contributed by atoms with Crippen molar-refractivity contribution in [1.29, 1.82) is 0 Å². The summed E-state index contributed by atoms with van der Waals surface area (Å²) in [4.78, 5) is 10.0. The number of benzene rings is 1. The third kappa shape index (κ3) is 2.16. The summed E-state index contributed by atoms with van der Waals surface area (Å²) in [6.45, 7) is 0. The van der Waals surface area contributed by atoms with E-state index in [2.05, 4.69) is 0 Å². The third-order valence-corrected chi connectivity index (χ3v) is 1.98. The summed E-state index contributed by atoms with van der Waals surface area (Å²) in [6.07, 6.45) is 2.33. The Bertz CT molecular complexity index is 333. The molecule has 0 aliphatic heterocycles. The van der Waals surface area contributed by atoms with E-state index in [0.717, 1.165) is 6.29 Å². The molecule has 4 heteroatoms. The second-order valence-corrected chi connectivity index (χ2v) is 3.00. The molecule has 3 N–H and O–H groups in total. The molecule has 0 atom stereocenters. The molecule has 1 rings (SSSR count). The van der Waals surface area contributed by atoms with Gasteiger partial charge in [-0.1, -0.05) is 6.07 Å². The van der Waals surface area contributed by atoms with Crippen LogP contribution in [0, 0.1) is 0 Å². The molecule has 0 aliphatic rings. The molecule has 0 saturated carbocycles. The second-order valence-electron chi connectivity index (χ2n) is 3.00. The molecule has 0 unspecified atom stereocenters. The minimum Gasteiger partial charge on any atom is -0.504 e. The predicted molar refractivity (Wildman–Crippen MR) is 50.4 cm³/mol. The maximum absolute atomic E-state index is 10.0. The van der Waals surface area contributed by atoms with Crippen molar-refractivity contribution < 1.29 is 20.1 Å². The van der Waals surface area contributed by atoms with Crippen LogP contribution in [0.4, 0.5) is 0 Å². The number of carbonyl (C=O) groups excluding carboxylic acids is 1. The fourth-order valence-electron chi connectivity index (χ4n) is 1.19. The Balaban J connectivity index is 2.78. The lowest BCUT2D eigenvalue weighted by Crippen LogP contribution is -1.87. The van der Waals surface area contributed by atoms with Gasteiger partial charge < -0.3 is 20.1 Å². The average molecular weight is 196 g/mol. The zero-order valence-corrected chi connectivity index (χ0v) is 7.60. The van der Waals surface area contributed by atoms with E-state index in [4.69, 9.17) is 5.11 Å². The van der Waals surface area contributed by atoms with Crippen LogP contribution >= 0.6 is 0 Å². The molecule has 0 saturated heterocycles. The van der Waals surface area contributed by atoms with E-state index in [-0.39, 0.29) is 11.5 Å². The van der Waals surface area contributed by atoms with Crippen molar-refractivity contribution in [2.75, 3.05) is 0 Å². The minimum atomic E-state index is -0.506. The summed E-state index contributed by atoms with van der Waals surface area (Å²) < 4.78 is 0. The first kappa shape index (κ1) is 10.4. The Morgan fingerprint density at radius 3 is 2.50 bits per heavy atom. The second kappa shape index (κ2) is 4.50. The summed E-state index contributed by atoms with van der Waals surface area (Å²) >= 11 is 0. The number of aldehydes is 1. The van der Waals surface area contributed by atoms with Gasteiger partial charge in [0.15, 0.2) is 11.5 Å². The van der Waals surface area contributed by atoms with Gasteiger partial charge in [-0.3, -0.25) is 0 Å². The standard InChI is InChI=1S/C10H12O4/c11-6-2-1-3-7-4-5-8(12)10(14)9(7)13/h4-6,12-14H,1-3H2. The van der Waals surface area contributed by atoms with Crippen molar-refractivity contribution in [2.45, 2.75) is 19.3 Å². The van der Waals surface area contributed by atoms with E-state index in [1.54, 1.807) is 0 Å². The van der Waals surface area contributed by atoms with Crippen molar-refractivity contribution in [1.82, 2.24) is 0 Å². The highest BCUT2D eigenvalue weighted by molar-refractivity contribution is 5.53. The number of aromatic hydroxyl groups is 3. The van der Waals surface area contributed by atoms with Gasteiger partial charge in [0.1, 0.15) is 6.29 Å². The highest BCUT2D eigenvalue weighted by Gasteiger charge is 2.09. The molecule has 0 heterocycles. The van der Waals surface area contributed by atoms with Gasteiger partial charge in [-0.2, -0.15) is 0 Å². The summed E-state index contributed by atoms with van der Waals surface area (Å²) in [6, 6.07) is 2.83. The molecule has 1 aromatic rings. The third-order valence-electron chi connectivity index (χ3n) is 1.98. The van der Waals surface area contributed by atoms with Crippen LogP contribution in [0.1, 0.15) is 18.4 Å². The zero-order chi connectivity index (χ0) is 10.6. The fourth-order valence-corrected chi connectivity index (χ4v) is 1.19. The first-order valence-corrected chi connectivity index (χ1v) is 4.33. The Kier molecular flexibility index (Phi) is 3.34. The predicted octanol–water partition coefficient (Wildman–Crippen LogP) is 1.32. The van der Waals surface area contributed by atoms with E-state index < -0.39 is 5.75 Å². The van der Waals surface area contributed by atoms with E-state index in [0.29, 0.717) is 24.8 Å². The number of hydrogen-bond acceptors (Lipinski definition) is 4. The number of rotatable bonds is 4. The molecule has 0 bridgehead atoms. The molecule has 76 valence electrons. The van der Waals surface area contributed by atoms with Gasteiger partial charge in [0.2, 0.25) is 5.75 Å². The van der Waals surface area contributed by atoms with E-state index in [1.807, 2.05) is 0 Å². The summed E-state index contributed by atoms with van der Waals surface area (Å²) in [5, 5.41) is 27.6. The minimum absolute atomic E-state index is 0.309. The molecule has 1 aromatic carbocycles. The molecule has 0 spiro atoms. The normalized spacial score (nSPS) is 10.0. The molecule has 0 amide bonds. The van der Waals surface area contributed by atoms with Crippen LogP contribution in [0.15, 0.2) is 12.1 Å². The van der Waals surface area contributed by atoms with Gasteiger partial charge in [-0.15, -0.1) is 0 Å². The lowest BCUT2D eigenvalue weighted by atomic mass is 10.1. The van der Waals surface area contributed by atoms with Crippen LogP contribution in [0.25, 0.3) is 0 Å². The summed E-state index contributed by atoms with van der Waals surface area (Å²) in [5.74, 6) is -1.16. The van der Waals surface area contributed by atoms with Crippen LogP contribution in [0.2, 0.25) is 0 Å². The van der Waals surface area contributed by atoms with Gasteiger partial charge in [0.25, 0.3) is 0 Å². The maximum Gasteiger partial charge on any atom is 0.200 e. The lowest BCUT2D eigenvalue weighted by molar-refractivity contribution is -0.107. The van der Waals surface area contributed by atoms with Crippen molar-refractivity contribution in [2.24, 2.45) is 0 Å². The molecule has 0 fully saturated rings. The number of unbranched alkanes of at least 4 members (excludes halogenated alkanes) is 1. The van der Waals surface area contributed by atoms with Crippen molar-refractivity contribution in [3.8, 4) is 17.2 Å². The quantitative estimate of drug-likeness (QED) is 0.385. The van der Waals surface area contributed by atoms with Gasteiger partial charge in [0.05, 0.1) is 0 Å². The smallest absolute Gasteiger partial charge is 0.200 e. The van der Waals surface area contributed by atoms with Gasteiger partial charge in [-0.25, -0.2) is 0 Å². The van der Waals surface area contributed by atoms with Gasteiger partial charge >= 0.3 is 0 Å². The van der Waals surface area contributed by atoms with E-state index in [9.17, 15) is 15.0 Å². The molecule has 14 heavy (non-hydrogen) atoms. The van der Waals surface area contributed by atoms with Crippen LogP contribution in [-0.4, -0.2) is 21.6 Å². The number of aryl methyl sites for hydroxylation is 1. The van der Waals surface area contributed by atoms with E-state index >= 15 is 0 Å². The molecule has 0 aliphatic carbocycles. The van der Waals surface area contributed by atoms with Crippen molar-refractivity contribution in [3.63, 3.8) is 0 Å². The zero-order valence-electron chi connectivity index (χ0n) is 7.60. The van der Waals surface area contributed by atoms with Crippen LogP contribution in [-0.2, 0) is 11.2 Å². The first-order valence-electron chi connectivity index (χ1n) is 4.33. The first-order chi connectivity index (χ1) is 6.66. The monoisotopic (exact) mass is 196 g/mol. The van der Waals surface area contributed by atoms with Crippen LogP contribution < -0.4 is 0 Å². The summed E-state index contributed by atoms with van der Waals surface area (Å²) in [7, 11) is 0. The Morgan fingerprint density at radius 2 is 1.86 bits per heavy atom. The SMILES string of the molecule is O=CCCCc1ccc(O)c(O)c1O. The molecular formula is C10H12O4. The number of carbonyl (C=O) groups is 1. The van der Waals surface area contributed by atoms with Crippen molar-refractivity contribution >= 4 is 6.29 Å². The lowest BCUT2D eigenvalue weighted by Gasteiger charge is -2.06. The maximum atomic E-state index is 10.0.